The van der Waals surface area contributed by atoms with Crippen molar-refractivity contribution >= 4 is 17.7 Å². The standard InChI is InChI=1S/C20H20N4O2S/c1-14(27-20-21-13-24(23-20)15-7-3-2-4-8-15)19(25)22-17-11-12-26-18-10-6-5-9-16(17)18/h2-10,13-14,17H,11-12H2,1H3,(H,22,25)/t14-,17+/m1/s1. The van der Waals surface area contributed by atoms with E-state index in [1.807, 2.05) is 61.5 Å². The molecular formula is C20H20N4O2S. The number of aromatic nitrogens is 3. The second-order valence-corrected chi connectivity index (χ2v) is 7.61. The summed E-state index contributed by atoms with van der Waals surface area (Å²) in [5, 5.41) is 7.86. The van der Waals surface area contributed by atoms with Crippen LogP contribution in [0.2, 0.25) is 0 Å². The fourth-order valence-corrected chi connectivity index (χ4v) is 3.73. The zero-order chi connectivity index (χ0) is 18.6. The first-order chi connectivity index (χ1) is 13.2. The van der Waals surface area contributed by atoms with Crippen LogP contribution in [0, 0.1) is 0 Å². The van der Waals surface area contributed by atoms with Crippen LogP contribution < -0.4 is 10.1 Å². The molecule has 0 saturated carbocycles. The van der Waals surface area contributed by atoms with Crippen LogP contribution in [0.1, 0.15) is 24.9 Å². The number of para-hydroxylation sites is 2. The Morgan fingerprint density at radius 2 is 2.00 bits per heavy atom. The van der Waals surface area contributed by atoms with Crippen LogP contribution in [0.3, 0.4) is 0 Å². The predicted molar refractivity (Wildman–Crippen MR) is 104 cm³/mol. The van der Waals surface area contributed by atoms with E-state index < -0.39 is 0 Å². The maximum atomic E-state index is 12.7. The number of carbonyl (C=O) groups excluding carboxylic acids is 1. The lowest BCUT2D eigenvalue weighted by Gasteiger charge is -2.27. The summed E-state index contributed by atoms with van der Waals surface area (Å²) in [6.45, 7) is 2.47. The summed E-state index contributed by atoms with van der Waals surface area (Å²) in [7, 11) is 0. The highest BCUT2D eigenvalue weighted by Gasteiger charge is 2.25. The molecule has 27 heavy (non-hydrogen) atoms. The summed E-state index contributed by atoms with van der Waals surface area (Å²) in [6, 6.07) is 17.6. The number of hydrogen-bond donors (Lipinski definition) is 1. The SMILES string of the molecule is C[C@@H](Sc1ncn(-c2ccccc2)n1)C(=O)N[C@H]1CCOc2ccccc21. The normalized spacial score (nSPS) is 16.9. The highest BCUT2D eigenvalue weighted by molar-refractivity contribution is 8.00. The van der Waals surface area contributed by atoms with Crippen molar-refractivity contribution in [3.63, 3.8) is 0 Å². The van der Waals surface area contributed by atoms with Crippen LogP contribution in [0.5, 0.6) is 5.75 Å². The van der Waals surface area contributed by atoms with Crippen molar-refractivity contribution < 1.29 is 9.53 Å². The summed E-state index contributed by atoms with van der Waals surface area (Å²) < 4.78 is 7.37. The van der Waals surface area contributed by atoms with E-state index in [4.69, 9.17) is 4.74 Å². The molecule has 1 aliphatic rings. The molecule has 4 rings (SSSR count). The number of ether oxygens (including phenoxy) is 1. The lowest BCUT2D eigenvalue weighted by molar-refractivity contribution is -0.121. The van der Waals surface area contributed by atoms with Crippen molar-refractivity contribution in [3.05, 3.63) is 66.5 Å². The molecule has 0 saturated heterocycles. The molecule has 1 aromatic heterocycles. The number of hydrogen-bond acceptors (Lipinski definition) is 5. The van der Waals surface area contributed by atoms with E-state index in [0.29, 0.717) is 11.8 Å². The number of carbonyl (C=O) groups is 1. The molecule has 138 valence electrons. The van der Waals surface area contributed by atoms with E-state index in [-0.39, 0.29) is 17.2 Å². The van der Waals surface area contributed by atoms with E-state index in [1.54, 1.807) is 11.0 Å². The molecule has 2 aromatic carbocycles. The van der Waals surface area contributed by atoms with Crippen LogP contribution in [-0.4, -0.2) is 32.5 Å². The molecule has 0 aliphatic carbocycles. The van der Waals surface area contributed by atoms with Gasteiger partial charge in [0.15, 0.2) is 0 Å². The van der Waals surface area contributed by atoms with E-state index in [0.717, 1.165) is 23.4 Å². The molecule has 1 amide bonds. The summed E-state index contributed by atoms with van der Waals surface area (Å²) in [4.78, 5) is 17.0. The summed E-state index contributed by atoms with van der Waals surface area (Å²) in [5.41, 5.74) is 1.97. The van der Waals surface area contributed by atoms with Gasteiger partial charge in [-0.1, -0.05) is 48.2 Å². The zero-order valence-electron chi connectivity index (χ0n) is 14.9. The summed E-state index contributed by atoms with van der Waals surface area (Å²) >= 11 is 1.35. The van der Waals surface area contributed by atoms with Gasteiger partial charge in [0.05, 0.1) is 23.6 Å². The van der Waals surface area contributed by atoms with Crippen molar-refractivity contribution in [1.29, 1.82) is 0 Å². The van der Waals surface area contributed by atoms with Gasteiger partial charge in [-0.3, -0.25) is 4.79 Å². The number of benzene rings is 2. The average Bonchev–Trinajstić information content (AvgIpc) is 3.17. The Hall–Kier alpha value is -2.80. The van der Waals surface area contributed by atoms with Gasteiger partial charge in [0, 0.05) is 12.0 Å². The third kappa shape index (κ3) is 3.98. The average molecular weight is 380 g/mol. The maximum absolute atomic E-state index is 12.7. The van der Waals surface area contributed by atoms with Crippen LogP contribution >= 0.6 is 11.8 Å². The van der Waals surface area contributed by atoms with Crippen molar-refractivity contribution in [2.24, 2.45) is 0 Å². The van der Waals surface area contributed by atoms with Crippen molar-refractivity contribution in [2.45, 2.75) is 29.8 Å². The molecule has 0 unspecified atom stereocenters. The number of nitrogens with zero attached hydrogens (tertiary/aromatic N) is 3. The van der Waals surface area contributed by atoms with Gasteiger partial charge in [-0.05, 0) is 25.1 Å². The Bertz CT molecular complexity index is 928. The first kappa shape index (κ1) is 17.6. The van der Waals surface area contributed by atoms with Crippen LogP contribution in [0.15, 0.2) is 66.1 Å². The molecule has 1 N–H and O–H groups in total. The summed E-state index contributed by atoms with van der Waals surface area (Å²) in [6.07, 6.45) is 2.43. The lowest BCUT2D eigenvalue weighted by atomic mass is 10.0. The van der Waals surface area contributed by atoms with E-state index in [1.165, 1.54) is 11.8 Å². The molecule has 3 aromatic rings. The molecule has 7 heteroatoms. The largest absolute Gasteiger partial charge is 0.493 e. The predicted octanol–water partition coefficient (Wildman–Crippen LogP) is 3.39. The molecule has 0 fully saturated rings. The number of amides is 1. The molecular weight excluding hydrogens is 360 g/mol. The Labute approximate surface area is 162 Å². The first-order valence-electron chi connectivity index (χ1n) is 8.86. The molecule has 0 radical (unpaired) electrons. The highest BCUT2D eigenvalue weighted by Crippen LogP contribution is 2.32. The van der Waals surface area contributed by atoms with Gasteiger partial charge < -0.3 is 10.1 Å². The smallest absolute Gasteiger partial charge is 0.233 e. The van der Waals surface area contributed by atoms with Crippen molar-refractivity contribution in [3.8, 4) is 11.4 Å². The number of fused-ring (bicyclic) bond motifs is 1. The molecule has 2 heterocycles. The van der Waals surface area contributed by atoms with Gasteiger partial charge in [-0.25, -0.2) is 9.67 Å². The fraction of sp³-hybridized carbons (Fsp3) is 0.250. The van der Waals surface area contributed by atoms with Gasteiger partial charge >= 0.3 is 0 Å². The third-order valence-corrected chi connectivity index (χ3v) is 5.38. The zero-order valence-corrected chi connectivity index (χ0v) is 15.7. The minimum absolute atomic E-state index is 0.0275. The van der Waals surface area contributed by atoms with E-state index >= 15 is 0 Å². The Morgan fingerprint density at radius 1 is 1.22 bits per heavy atom. The molecule has 2 atom stereocenters. The fourth-order valence-electron chi connectivity index (χ4n) is 3.00. The molecule has 1 aliphatic heterocycles. The number of nitrogens with one attached hydrogen (secondary N) is 1. The lowest BCUT2D eigenvalue weighted by Crippen LogP contribution is -2.36. The van der Waals surface area contributed by atoms with E-state index in [9.17, 15) is 4.79 Å². The second kappa shape index (κ2) is 7.84. The minimum atomic E-state index is -0.299. The monoisotopic (exact) mass is 380 g/mol. The van der Waals surface area contributed by atoms with Crippen LogP contribution in [-0.2, 0) is 4.79 Å². The highest BCUT2D eigenvalue weighted by atomic mass is 32.2. The Morgan fingerprint density at radius 3 is 2.85 bits per heavy atom. The van der Waals surface area contributed by atoms with Gasteiger partial charge in [-0.15, -0.1) is 5.10 Å². The van der Waals surface area contributed by atoms with Crippen molar-refractivity contribution in [2.75, 3.05) is 6.61 Å². The second-order valence-electron chi connectivity index (χ2n) is 6.30. The molecule has 0 bridgehead atoms. The van der Waals surface area contributed by atoms with Gasteiger partial charge in [0.2, 0.25) is 11.1 Å². The van der Waals surface area contributed by atoms with Crippen LogP contribution in [0.25, 0.3) is 5.69 Å². The third-order valence-electron chi connectivity index (χ3n) is 4.42. The minimum Gasteiger partial charge on any atom is -0.493 e. The van der Waals surface area contributed by atoms with E-state index in [2.05, 4.69) is 15.4 Å². The van der Waals surface area contributed by atoms with Crippen molar-refractivity contribution in [1.82, 2.24) is 20.1 Å². The topological polar surface area (TPSA) is 69.0 Å². The van der Waals surface area contributed by atoms with Gasteiger partial charge in [0.1, 0.15) is 12.1 Å². The molecule has 6 nitrogen and oxygen atoms in total. The van der Waals surface area contributed by atoms with Gasteiger partial charge in [-0.2, -0.15) is 0 Å². The summed E-state index contributed by atoms with van der Waals surface area (Å²) in [5.74, 6) is 0.815. The quantitative estimate of drug-likeness (QED) is 0.687. The van der Waals surface area contributed by atoms with Gasteiger partial charge in [0.25, 0.3) is 0 Å². The number of rotatable bonds is 5. The molecule has 0 spiro atoms. The number of thioether (sulfide) groups is 1. The Balaban J connectivity index is 1.40. The Kier molecular flexibility index (Phi) is 5.11. The maximum Gasteiger partial charge on any atom is 0.233 e. The first-order valence-corrected chi connectivity index (χ1v) is 9.74. The van der Waals surface area contributed by atoms with Crippen LogP contribution in [0.4, 0.5) is 0 Å².